The van der Waals surface area contributed by atoms with Crippen LogP contribution in [-0.4, -0.2) is 9.97 Å². The molecular weight excluding hydrogens is 270 g/mol. The summed E-state index contributed by atoms with van der Waals surface area (Å²) in [4.78, 5) is 7.38. The smallest absolute Gasteiger partial charge is 0.120 e. The predicted molar refractivity (Wildman–Crippen MR) is 83.7 cm³/mol. The van der Waals surface area contributed by atoms with Crippen LogP contribution in [0.5, 0.6) is 0 Å². The number of nitrogens with zero attached hydrogens (tertiary/aromatic N) is 1. The number of hydrogen-bond acceptors (Lipinski definition) is 2. The molecule has 1 atom stereocenters. The van der Waals surface area contributed by atoms with Gasteiger partial charge in [0.2, 0.25) is 0 Å². The molecule has 1 heterocycles. The van der Waals surface area contributed by atoms with Crippen LogP contribution >= 0.6 is 11.6 Å². The summed E-state index contributed by atoms with van der Waals surface area (Å²) in [6, 6.07) is 8.44. The van der Waals surface area contributed by atoms with Crippen molar-refractivity contribution in [3.63, 3.8) is 0 Å². The Hall–Kier alpha value is -1.32. The second-order valence-corrected chi connectivity index (χ2v) is 5.93. The van der Waals surface area contributed by atoms with Crippen LogP contribution in [0.15, 0.2) is 36.7 Å². The monoisotopic (exact) mass is 291 g/mol. The molecule has 0 bridgehead atoms. The fourth-order valence-corrected chi connectivity index (χ4v) is 2.32. The SMILES string of the molecule is CC(C)CCC(NCc1ncc[nH]1)c1ccc(Cl)cc1. The molecule has 2 rings (SSSR count). The molecule has 0 aliphatic carbocycles. The second-order valence-electron chi connectivity index (χ2n) is 5.49. The van der Waals surface area contributed by atoms with Crippen molar-refractivity contribution in [1.82, 2.24) is 15.3 Å². The fourth-order valence-electron chi connectivity index (χ4n) is 2.20. The molecule has 1 aromatic heterocycles. The van der Waals surface area contributed by atoms with E-state index in [1.54, 1.807) is 6.20 Å². The van der Waals surface area contributed by atoms with E-state index in [0.717, 1.165) is 23.8 Å². The standard InChI is InChI=1S/C16H22ClN3/c1-12(2)3-8-15(13-4-6-14(17)7-5-13)20-11-16-18-9-10-19-16/h4-7,9-10,12,15,20H,3,8,11H2,1-2H3,(H,18,19). The first-order chi connectivity index (χ1) is 9.65. The van der Waals surface area contributed by atoms with Gasteiger partial charge in [-0.05, 0) is 36.5 Å². The minimum Gasteiger partial charge on any atom is -0.348 e. The van der Waals surface area contributed by atoms with Gasteiger partial charge < -0.3 is 10.3 Å². The lowest BCUT2D eigenvalue weighted by atomic mass is 9.97. The van der Waals surface area contributed by atoms with Crippen molar-refractivity contribution in [2.24, 2.45) is 5.92 Å². The van der Waals surface area contributed by atoms with Gasteiger partial charge in [-0.1, -0.05) is 37.6 Å². The molecule has 0 saturated heterocycles. The lowest BCUT2D eigenvalue weighted by Crippen LogP contribution is -2.22. The lowest BCUT2D eigenvalue weighted by molar-refractivity contribution is 0.435. The van der Waals surface area contributed by atoms with Crippen molar-refractivity contribution >= 4 is 11.6 Å². The van der Waals surface area contributed by atoms with E-state index in [4.69, 9.17) is 11.6 Å². The zero-order valence-corrected chi connectivity index (χ0v) is 12.8. The summed E-state index contributed by atoms with van der Waals surface area (Å²) in [5.74, 6) is 1.67. The van der Waals surface area contributed by atoms with Gasteiger partial charge >= 0.3 is 0 Å². The van der Waals surface area contributed by atoms with Gasteiger partial charge in [-0.15, -0.1) is 0 Å². The van der Waals surface area contributed by atoms with Crippen molar-refractivity contribution in [2.75, 3.05) is 0 Å². The number of rotatable bonds is 7. The van der Waals surface area contributed by atoms with Gasteiger partial charge in [0, 0.05) is 23.5 Å². The Bertz CT molecular complexity index is 491. The number of aromatic amines is 1. The minimum absolute atomic E-state index is 0.333. The molecule has 0 aliphatic heterocycles. The molecule has 20 heavy (non-hydrogen) atoms. The highest BCUT2D eigenvalue weighted by Gasteiger charge is 2.12. The summed E-state index contributed by atoms with van der Waals surface area (Å²) in [6.45, 7) is 5.26. The van der Waals surface area contributed by atoms with E-state index in [1.165, 1.54) is 12.0 Å². The van der Waals surface area contributed by atoms with Crippen LogP contribution in [-0.2, 0) is 6.54 Å². The van der Waals surface area contributed by atoms with Gasteiger partial charge in [0.05, 0.1) is 6.54 Å². The van der Waals surface area contributed by atoms with E-state index in [1.807, 2.05) is 18.3 Å². The van der Waals surface area contributed by atoms with Crippen LogP contribution in [0, 0.1) is 5.92 Å². The van der Waals surface area contributed by atoms with Crippen molar-refractivity contribution < 1.29 is 0 Å². The van der Waals surface area contributed by atoms with E-state index in [9.17, 15) is 0 Å². The summed E-state index contributed by atoms with van der Waals surface area (Å²) >= 11 is 5.97. The largest absolute Gasteiger partial charge is 0.348 e. The molecule has 2 aromatic rings. The Morgan fingerprint density at radius 1 is 1.20 bits per heavy atom. The Labute approximate surface area is 125 Å². The third kappa shape index (κ3) is 4.66. The maximum atomic E-state index is 5.97. The average molecular weight is 292 g/mol. The van der Waals surface area contributed by atoms with E-state index in [-0.39, 0.29) is 0 Å². The maximum absolute atomic E-state index is 5.97. The first kappa shape index (κ1) is 15.1. The summed E-state index contributed by atoms with van der Waals surface area (Å²) < 4.78 is 0. The fraction of sp³-hybridized carbons (Fsp3) is 0.438. The number of nitrogens with one attached hydrogen (secondary N) is 2. The third-order valence-electron chi connectivity index (χ3n) is 3.38. The van der Waals surface area contributed by atoms with Gasteiger partial charge in [0.15, 0.2) is 0 Å². The Kier molecular flexibility index (Phi) is 5.62. The van der Waals surface area contributed by atoms with E-state index >= 15 is 0 Å². The predicted octanol–water partition coefficient (Wildman–Crippen LogP) is 4.33. The van der Waals surface area contributed by atoms with E-state index in [2.05, 4.69) is 41.3 Å². The molecule has 0 amide bonds. The van der Waals surface area contributed by atoms with Crippen molar-refractivity contribution in [2.45, 2.75) is 39.3 Å². The highest BCUT2D eigenvalue weighted by atomic mass is 35.5. The Morgan fingerprint density at radius 2 is 1.95 bits per heavy atom. The normalized spacial score (nSPS) is 12.8. The van der Waals surface area contributed by atoms with Crippen LogP contribution in [0.3, 0.4) is 0 Å². The summed E-state index contributed by atoms with van der Waals surface area (Å²) in [5.41, 5.74) is 1.28. The molecule has 0 radical (unpaired) electrons. The number of benzene rings is 1. The molecule has 0 spiro atoms. The number of halogens is 1. The van der Waals surface area contributed by atoms with Gasteiger partial charge in [-0.25, -0.2) is 4.98 Å². The zero-order valence-electron chi connectivity index (χ0n) is 12.1. The summed E-state index contributed by atoms with van der Waals surface area (Å²) in [5, 5.41) is 4.36. The minimum atomic E-state index is 0.333. The van der Waals surface area contributed by atoms with Crippen LogP contribution in [0.25, 0.3) is 0 Å². The van der Waals surface area contributed by atoms with Crippen molar-refractivity contribution in [1.29, 1.82) is 0 Å². The molecule has 4 heteroatoms. The van der Waals surface area contributed by atoms with Crippen molar-refractivity contribution in [3.8, 4) is 0 Å². The molecule has 1 aromatic carbocycles. The molecule has 2 N–H and O–H groups in total. The molecule has 3 nitrogen and oxygen atoms in total. The summed E-state index contributed by atoms with van der Waals surface area (Å²) in [7, 11) is 0. The van der Waals surface area contributed by atoms with Crippen LogP contribution in [0.1, 0.15) is 44.1 Å². The lowest BCUT2D eigenvalue weighted by Gasteiger charge is -2.20. The van der Waals surface area contributed by atoms with Crippen LogP contribution in [0.4, 0.5) is 0 Å². The average Bonchev–Trinajstić information content (AvgIpc) is 2.93. The molecule has 0 aliphatic rings. The quantitative estimate of drug-likeness (QED) is 0.797. The number of imidazole rings is 1. The first-order valence-corrected chi connectivity index (χ1v) is 7.50. The summed E-state index contributed by atoms with van der Waals surface area (Å²) in [6.07, 6.45) is 5.93. The molecule has 1 unspecified atom stereocenters. The number of aromatic nitrogens is 2. The van der Waals surface area contributed by atoms with E-state index in [0.29, 0.717) is 12.0 Å². The topological polar surface area (TPSA) is 40.7 Å². The van der Waals surface area contributed by atoms with Gasteiger partial charge in [-0.3, -0.25) is 0 Å². The first-order valence-electron chi connectivity index (χ1n) is 7.12. The molecule has 0 saturated carbocycles. The Morgan fingerprint density at radius 3 is 2.55 bits per heavy atom. The maximum Gasteiger partial charge on any atom is 0.120 e. The number of hydrogen-bond donors (Lipinski definition) is 2. The van der Waals surface area contributed by atoms with Crippen LogP contribution < -0.4 is 5.32 Å². The van der Waals surface area contributed by atoms with Gasteiger partial charge in [0.1, 0.15) is 5.82 Å². The molecular formula is C16H22ClN3. The zero-order chi connectivity index (χ0) is 14.4. The number of H-pyrrole nitrogens is 1. The van der Waals surface area contributed by atoms with E-state index < -0.39 is 0 Å². The van der Waals surface area contributed by atoms with Crippen LogP contribution in [0.2, 0.25) is 5.02 Å². The Balaban J connectivity index is 2.01. The molecule has 0 fully saturated rings. The van der Waals surface area contributed by atoms with Crippen molar-refractivity contribution in [3.05, 3.63) is 53.1 Å². The highest BCUT2D eigenvalue weighted by Crippen LogP contribution is 2.23. The van der Waals surface area contributed by atoms with Gasteiger partial charge in [-0.2, -0.15) is 0 Å². The molecule has 108 valence electrons. The second kappa shape index (κ2) is 7.46. The highest BCUT2D eigenvalue weighted by molar-refractivity contribution is 6.30. The third-order valence-corrected chi connectivity index (χ3v) is 3.63. The van der Waals surface area contributed by atoms with Gasteiger partial charge in [0.25, 0.3) is 0 Å².